The third-order valence-electron chi connectivity index (χ3n) is 4.41. The van der Waals surface area contributed by atoms with Gasteiger partial charge in [-0.2, -0.15) is 0 Å². The summed E-state index contributed by atoms with van der Waals surface area (Å²) in [5.74, 6) is 0.785. The Labute approximate surface area is 149 Å². The van der Waals surface area contributed by atoms with Crippen molar-refractivity contribution < 1.29 is 9.47 Å². The maximum atomic E-state index is 6.08. The normalized spacial score (nSPS) is 18.9. The van der Waals surface area contributed by atoms with Crippen molar-refractivity contribution >= 4 is 17.6 Å². The second-order valence-corrected chi connectivity index (χ2v) is 6.55. The average molecular weight is 354 g/mol. The molecule has 1 aromatic carbocycles. The molecule has 6 heteroatoms. The average Bonchev–Trinajstić information content (AvgIpc) is 2.60. The fourth-order valence-electron chi connectivity index (χ4n) is 2.78. The van der Waals surface area contributed by atoms with E-state index in [9.17, 15) is 0 Å². The Bertz CT molecular complexity index is 545. The first-order chi connectivity index (χ1) is 11.6. The van der Waals surface area contributed by atoms with Crippen molar-refractivity contribution in [1.82, 2.24) is 10.6 Å². The summed E-state index contributed by atoms with van der Waals surface area (Å²) < 4.78 is 11.2. The Morgan fingerprint density at radius 1 is 1.42 bits per heavy atom. The first-order valence-electron chi connectivity index (χ1n) is 8.52. The van der Waals surface area contributed by atoms with E-state index in [0.29, 0.717) is 6.54 Å². The molecule has 1 aliphatic rings. The van der Waals surface area contributed by atoms with Gasteiger partial charge in [-0.05, 0) is 31.5 Å². The number of halogens is 1. The van der Waals surface area contributed by atoms with E-state index >= 15 is 0 Å². The van der Waals surface area contributed by atoms with Gasteiger partial charge in [-0.1, -0.05) is 23.7 Å². The molecule has 1 unspecified atom stereocenters. The van der Waals surface area contributed by atoms with E-state index in [2.05, 4.69) is 30.5 Å². The minimum Gasteiger partial charge on any atom is -0.381 e. The van der Waals surface area contributed by atoms with Crippen LogP contribution in [0.5, 0.6) is 0 Å². The number of guanidine groups is 1. The summed E-state index contributed by atoms with van der Waals surface area (Å²) in [4.78, 5) is 4.75. The zero-order chi connectivity index (χ0) is 17.4. The molecule has 0 spiro atoms. The molecule has 0 aromatic heterocycles. The van der Waals surface area contributed by atoms with Gasteiger partial charge in [0.15, 0.2) is 5.96 Å². The Kier molecular flexibility index (Phi) is 7.34. The number of nitrogens with one attached hydrogen (secondary N) is 2. The van der Waals surface area contributed by atoms with Gasteiger partial charge < -0.3 is 20.1 Å². The quantitative estimate of drug-likeness (QED) is 0.609. The molecule has 1 heterocycles. The molecule has 1 atom stereocenters. The number of hydrogen-bond donors (Lipinski definition) is 2. The standard InChI is InChI=1S/C18H28ClN3O2/c1-4-20-17(21-13-18(23-3)8-10-24-11-9-18)22-14(2)15-6-5-7-16(19)12-15/h5-7,12,14H,4,8-11,13H2,1-3H3,(H2,20,21,22). The van der Waals surface area contributed by atoms with Crippen LogP contribution in [0.25, 0.3) is 0 Å². The molecule has 2 N–H and O–H groups in total. The van der Waals surface area contributed by atoms with Gasteiger partial charge in [-0.25, -0.2) is 0 Å². The second kappa shape index (κ2) is 9.25. The molecule has 134 valence electrons. The number of methoxy groups -OCH3 is 1. The van der Waals surface area contributed by atoms with Gasteiger partial charge >= 0.3 is 0 Å². The second-order valence-electron chi connectivity index (χ2n) is 6.12. The minimum atomic E-state index is -0.222. The van der Waals surface area contributed by atoms with Crippen molar-refractivity contribution in [3.05, 3.63) is 34.9 Å². The van der Waals surface area contributed by atoms with Gasteiger partial charge in [-0.15, -0.1) is 0 Å². The Balaban J connectivity index is 2.04. The molecule has 24 heavy (non-hydrogen) atoms. The molecule has 2 rings (SSSR count). The van der Waals surface area contributed by atoms with E-state index in [1.165, 1.54) is 0 Å². The summed E-state index contributed by atoms with van der Waals surface area (Å²) in [5.41, 5.74) is 0.903. The van der Waals surface area contributed by atoms with Crippen LogP contribution in [0.4, 0.5) is 0 Å². The molecule has 1 aromatic rings. The lowest BCUT2D eigenvalue weighted by Gasteiger charge is -2.34. The first-order valence-corrected chi connectivity index (χ1v) is 8.89. The van der Waals surface area contributed by atoms with Gasteiger partial charge in [0.25, 0.3) is 0 Å². The molecular weight excluding hydrogens is 326 g/mol. The van der Waals surface area contributed by atoms with Crippen LogP contribution in [0, 0.1) is 0 Å². The summed E-state index contributed by atoms with van der Waals surface area (Å²) in [6.45, 7) is 7.03. The van der Waals surface area contributed by atoms with Crippen molar-refractivity contribution in [2.45, 2.75) is 38.3 Å². The van der Waals surface area contributed by atoms with Gasteiger partial charge in [0.1, 0.15) is 0 Å². The highest BCUT2D eigenvalue weighted by Crippen LogP contribution is 2.25. The zero-order valence-electron chi connectivity index (χ0n) is 14.8. The van der Waals surface area contributed by atoms with Crippen LogP contribution in [0.15, 0.2) is 29.3 Å². The SMILES string of the molecule is CCNC(=NCC1(OC)CCOCC1)NC(C)c1cccc(Cl)c1. The van der Waals surface area contributed by atoms with Crippen LogP contribution >= 0.6 is 11.6 Å². The Morgan fingerprint density at radius 3 is 2.79 bits per heavy atom. The molecule has 0 radical (unpaired) electrons. The Morgan fingerprint density at radius 2 is 2.17 bits per heavy atom. The predicted octanol–water partition coefficient (Wildman–Crippen LogP) is 3.15. The van der Waals surface area contributed by atoms with Crippen molar-refractivity contribution in [3.8, 4) is 0 Å². The number of benzene rings is 1. The molecular formula is C18H28ClN3O2. The van der Waals surface area contributed by atoms with E-state index in [1.54, 1.807) is 7.11 Å². The van der Waals surface area contributed by atoms with Crippen LogP contribution in [0.3, 0.4) is 0 Å². The van der Waals surface area contributed by atoms with E-state index < -0.39 is 0 Å². The lowest BCUT2D eigenvalue weighted by atomic mass is 9.94. The van der Waals surface area contributed by atoms with E-state index in [4.69, 9.17) is 26.1 Å². The molecule has 0 aliphatic carbocycles. The van der Waals surface area contributed by atoms with Gasteiger partial charge in [0.05, 0.1) is 18.2 Å². The highest BCUT2D eigenvalue weighted by atomic mass is 35.5. The van der Waals surface area contributed by atoms with Crippen molar-refractivity contribution in [3.63, 3.8) is 0 Å². The van der Waals surface area contributed by atoms with E-state index in [1.807, 2.05) is 18.2 Å². The van der Waals surface area contributed by atoms with Gasteiger partial charge in [0, 0.05) is 44.7 Å². The van der Waals surface area contributed by atoms with Crippen molar-refractivity contribution in [2.24, 2.45) is 4.99 Å². The van der Waals surface area contributed by atoms with Gasteiger partial charge in [0.2, 0.25) is 0 Å². The van der Waals surface area contributed by atoms with Crippen LogP contribution in [-0.4, -0.2) is 45.0 Å². The lowest BCUT2D eigenvalue weighted by Crippen LogP contribution is -2.44. The summed E-state index contributed by atoms with van der Waals surface area (Å²) in [5, 5.41) is 7.47. The predicted molar refractivity (Wildman–Crippen MR) is 98.8 cm³/mol. The topological polar surface area (TPSA) is 54.9 Å². The molecule has 1 fully saturated rings. The fourth-order valence-corrected chi connectivity index (χ4v) is 2.98. The van der Waals surface area contributed by atoms with Crippen LogP contribution < -0.4 is 10.6 Å². The van der Waals surface area contributed by atoms with E-state index in [-0.39, 0.29) is 11.6 Å². The largest absolute Gasteiger partial charge is 0.381 e. The highest BCUT2D eigenvalue weighted by molar-refractivity contribution is 6.30. The van der Waals surface area contributed by atoms with Crippen molar-refractivity contribution in [2.75, 3.05) is 33.4 Å². The number of ether oxygens (including phenoxy) is 2. The van der Waals surface area contributed by atoms with Gasteiger partial charge in [-0.3, -0.25) is 4.99 Å². The number of nitrogens with zero attached hydrogens (tertiary/aromatic N) is 1. The first kappa shape index (κ1) is 19.0. The molecule has 1 saturated heterocycles. The maximum Gasteiger partial charge on any atom is 0.191 e. The van der Waals surface area contributed by atoms with E-state index in [0.717, 1.165) is 49.1 Å². The smallest absolute Gasteiger partial charge is 0.191 e. The molecule has 5 nitrogen and oxygen atoms in total. The Hall–Kier alpha value is -1.30. The molecule has 1 aliphatic heterocycles. The number of rotatable bonds is 6. The summed E-state index contributed by atoms with van der Waals surface area (Å²) in [6, 6.07) is 7.97. The maximum absolute atomic E-state index is 6.08. The summed E-state index contributed by atoms with van der Waals surface area (Å²) in [6.07, 6.45) is 1.74. The monoisotopic (exact) mass is 353 g/mol. The molecule has 0 bridgehead atoms. The molecule has 0 saturated carbocycles. The summed E-state index contributed by atoms with van der Waals surface area (Å²) in [7, 11) is 1.76. The third-order valence-corrected chi connectivity index (χ3v) is 4.64. The highest BCUT2D eigenvalue weighted by Gasteiger charge is 2.32. The van der Waals surface area contributed by atoms with Crippen LogP contribution in [-0.2, 0) is 9.47 Å². The number of aliphatic imine (C=N–C) groups is 1. The lowest BCUT2D eigenvalue weighted by molar-refractivity contribution is -0.0828. The van der Waals surface area contributed by atoms with Crippen molar-refractivity contribution in [1.29, 1.82) is 0 Å². The third kappa shape index (κ3) is 5.36. The van der Waals surface area contributed by atoms with Crippen LogP contribution in [0.1, 0.15) is 38.3 Å². The number of hydrogen-bond acceptors (Lipinski definition) is 3. The van der Waals surface area contributed by atoms with Crippen LogP contribution in [0.2, 0.25) is 5.02 Å². The minimum absolute atomic E-state index is 0.106. The fraction of sp³-hybridized carbons (Fsp3) is 0.611. The zero-order valence-corrected chi connectivity index (χ0v) is 15.5. The molecule has 0 amide bonds. The summed E-state index contributed by atoms with van der Waals surface area (Å²) >= 11 is 6.08.